The second-order valence-electron chi connectivity index (χ2n) is 9.04. The van der Waals surface area contributed by atoms with E-state index in [0.29, 0.717) is 24.6 Å². The largest absolute Gasteiger partial charge is 0.322 e. The average Bonchev–Trinajstić information content (AvgIpc) is 2.82. The SMILES string of the molecule is Cc1c(CN2CCSCC2)cccc1NC(=O)c1ccc(S(=O)(=O)N2CCC(C)CC2)cc1. The number of nitrogens with one attached hydrogen (secondary N) is 1. The second kappa shape index (κ2) is 10.6. The van der Waals surface area contributed by atoms with Gasteiger partial charge in [-0.05, 0) is 67.1 Å². The van der Waals surface area contributed by atoms with Crippen molar-refractivity contribution >= 4 is 33.4 Å². The first-order valence-electron chi connectivity index (χ1n) is 11.6. The van der Waals surface area contributed by atoms with Gasteiger partial charge in [0.2, 0.25) is 10.0 Å². The van der Waals surface area contributed by atoms with Gasteiger partial charge in [-0.25, -0.2) is 8.42 Å². The number of carbonyl (C=O) groups excluding carboxylic acids is 1. The number of benzene rings is 2. The minimum Gasteiger partial charge on any atom is -0.322 e. The number of piperidine rings is 1. The summed E-state index contributed by atoms with van der Waals surface area (Å²) in [6.07, 6.45) is 1.77. The highest BCUT2D eigenvalue weighted by atomic mass is 32.2. The molecule has 0 spiro atoms. The van der Waals surface area contributed by atoms with E-state index in [1.165, 1.54) is 5.56 Å². The minimum absolute atomic E-state index is 0.236. The van der Waals surface area contributed by atoms with Crippen molar-refractivity contribution in [1.82, 2.24) is 9.21 Å². The lowest BCUT2D eigenvalue weighted by molar-refractivity contribution is 0.102. The van der Waals surface area contributed by atoms with Crippen molar-refractivity contribution in [3.05, 3.63) is 59.2 Å². The molecule has 0 radical (unpaired) electrons. The van der Waals surface area contributed by atoms with Crippen molar-refractivity contribution in [2.75, 3.05) is 43.0 Å². The molecular formula is C25H33N3O3S2. The molecular weight excluding hydrogens is 454 g/mol. The van der Waals surface area contributed by atoms with E-state index in [9.17, 15) is 13.2 Å². The summed E-state index contributed by atoms with van der Waals surface area (Å²) in [4.78, 5) is 15.6. The molecule has 2 aromatic rings. The van der Waals surface area contributed by atoms with Gasteiger partial charge in [0.25, 0.3) is 5.91 Å². The summed E-state index contributed by atoms with van der Waals surface area (Å²) in [6, 6.07) is 12.3. The third-order valence-electron chi connectivity index (χ3n) is 6.69. The molecule has 1 N–H and O–H groups in total. The fraction of sp³-hybridized carbons (Fsp3) is 0.480. The van der Waals surface area contributed by atoms with Crippen LogP contribution in [-0.2, 0) is 16.6 Å². The summed E-state index contributed by atoms with van der Waals surface area (Å²) >= 11 is 1.99. The van der Waals surface area contributed by atoms with Crippen molar-refractivity contribution < 1.29 is 13.2 Å². The average molecular weight is 488 g/mol. The third kappa shape index (κ3) is 5.80. The maximum Gasteiger partial charge on any atom is 0.255 e. The summed E-state index contributed by atoms with van der Waals surface area (Å²) in [5.74, 6) is 2.65. The zero-order chi connectivity index (χ0) is 23.4. The molecule has 33 heavy (non-hydrogen) atoms. The maximum absolute atomic E-state index is 12.9. The predicted octanol–water partition coefficient (Wildman–Crippen LogP) is 4.22. The summed E-state index contributed by atoms with van der Waals surface area (Å²) in [5, 5.41) is 3.01. The van der Waals surface area contributed by atoms with Crippen molar-refractivity contribution in [2.24, 2.45) is 5.92 Å². The highest BCUT2D eigenvalue weighted by Crippen LogP contribution is 2.25. The Morgan fingerprint density at radius 2 is 1.70 bits per heavy atom. The molecule has 0 bridgehead atoms. The number of anilines is 1. The summed E-state index contributed by atoms with van der Waals surface area (Å²) < 4.78 is 27.4. The van der Waals surface area contributed by atoms with Crippen LogP contribution in [0.4, 0.5) is 5.69 Å². The van der Waals surface area contributed by atoms with Gasteiger partial charge < -0.3 is 5.32 Å². The van der Waals surface area contributed by atoms with Crippen LogP contribution in [0.5, 0.6) is 0 Å². The molecule has 4 rings (SSSR count). The number of hydrogen-bond acceptors (Lipinski definition) is 5. The Labute approximate surface area is 201 Å². The van der Waals surface area contributed by atoms with Gasteiger partial charge in [0.05, 0.1) is 4.90 Å². The van der Waals surface area contributed by atoms with Gasteiger partial charge in [-0.3, -0.25) is 9.69 Å². The summed E-state index contributed by atoms with van der Waals surface area (Å²) in [6.45, 7) is 8.37. The van der Waals surface area contributed by atoms with Crippen LogP contribution < -0.4 is 5.32 Å². The zero-order valence-electron chi connectivity index (χ0n) is 19.4. The van der Waals surface area contributed by atoms with Crippen LogP contribution in [0.2, 0.25) is 0 Å². The van der Waals surface area contributed by atoms with E-state index >= 15 is 0 Å². The summed E-state index contributed by atoms with van der Waals surface area (Å²) in [7, 11) is -3.52. The molecule has 0 aliphatic carbocycles. The van der Waals surface area contributed by atoms with E-state index < -0.39 is 10.0 Å². The predicted molar refractivity (Wildman–Crippen MR) is 135 cm³/mol. The van der Waals surface area contributed by atoms with Gasteiger partial charge in [-0.15, -0.1) is 0 Å². The molecule has 2 saturated heterocycles. The van der Waals surface area contributed by atoms with Gasteiger partial charge in [0.15, 0.2) is 0 Å². The van der Waals surface area contributed by atoms with Crippen molar-refractivity contribution in [1.29, 1.82) is 0 Å². The Morgan fingerprint density at radius 3 is 2.36 bits per heavy atom. The van der Waals surface area contributed by atoms with Crippen molar-refractivity contribution in [2.45, 2.75) is 38.1 Å². The van der Waals surface area contributed by atoms with Crippen LogP contribution in [-0.4, -0.2) is 61.2 Å². The van der Waals surface area contributed by atoms with E-state index in [0.717, 1.165) is 55.2 Å². The Morgan fingerprint density at radius 1 is 1.03 bits per heavy atom. The normalized spacial score (nSPS) is 18.8. The highest BCUT2D eigenvalue weighted by Gasteiger charge is 2.28. The molecule has 1 amide bonds. The smallest absolute Gasteiger partial charge is 0.255 e. The molecule has 2 heterocycles. The molecule has 2 aliphatic rings. The Balaban J connectivity index is 1.43. The van der Waals surface area contributed by atoms with Gasteiger partial charge in [-0.2, -0.15) is 16.1 Å². The lowest BCUT2D eigenvalue weighted by atomic mass is 10.0. The number of sulfonamides is 1. The van der Waals surface area contributed by atoms with Gasteiger partial charge in [0, 0.05) is 55.5 Å². The molecule has 6 nitrogen and oxygen atoms in total. The molecule has 8 heteroatoms. The number of amides is 1. The van der Waals surface area contributed by atoms with Crippen LogP contribution in [0, 0.1) is 12.8 Å². The highest BCUT2D eigenvalue weighted by molar-refractivity contribution is 7.99. The Kier molecular flexibility index (Phi) is 7.79. The van der Waals surface area contributed by atoms with E-state index in [4.69, 9.17) is 0 Å². The Bertz CT molecular complexity index is 1070. The Hall–Kier alpha value is -1.87. The van der Waals surface area contributed by atoms with E-state index in [2.05, 4.69) is 23.2 Å². The van der Waals surface area contributed by atoms with Gasteiger partial charge in [-0.1, -0.05) is 19.1 Å². The van der Waals surface area contributed by atoms with Crippen LogP contribution >= 0.6 is 11.8 Å². The molecule has 178 valence electrons. The number of hydrogen-bond donors (Lipinski definition) is 1. The molecule has 0 aromatic heterocycles. The molecule has 0 atom stereocenters. The lowest BCUT2D eigenvalue weighted by Gasteiger charge is -2.29. The van der Waals surface area contributed by atoms with Crippen molar-refractivity contribution in [3.63, 3.8) is 0 Å². The number of rotatable bonds is 6. The fourth-order valence-corrected chi connectivity index (χ4v) is 6.79. The standard InChI is InChI=1S/C25H33N3O3S2/c1-19-10-12-28(13-11-19)33(30,31)23-8-6-21(7-9-23)25(29)26-24-5-3-4-22(20(24)2)18-27-14-16-32-17-15-27/h3-9,19H,10-18H2,1-2H3,(H,26,29). The van der Waals surface area contributed by atoms with E-state index in [-0.39, 0.29) is 10.8 Å². The quantitative estimate of drug-likeness (QED) is 0.661. The van der Waals surface area contributed by atoms with Crippen molar-refractivity contribution in [3.8, 4) is 0 Å². The fourth-order valence-electron chi connectivity index (χ4n) is 4.34. The first-order valence-corrected chi connectivity index (χ1v) is 14.2. The minimum atomic E-state index is -3.52. The molecule has 2 aromatic carbocycles. The number of nitrogens with zero attached hydrogens (tertiary/aromatic N) is 2. The monoisotopic (exact) mass is 487 g/mol. The maximum atomic E-state index is 12.9. The number of carbonyl (C=O) groups is 1. The van der Waals surface area contributed by atoms with Crippen LogP contribution in [0.3, 0.4) is 0 Å². The molecule has 2 aliphatic heterocycles. The topological polar surface area (TPSA) is 69.7 Å². The van der Waals surface area contributed by atoms with E-state index in [1.54, 1.807) is 28.6 Å². The van der Waals surface area contributed by atoms with E-state index in [1.807, 2.05) is 30.8 Å². The third-order valence-corrected chi connectivity index (χ3v) is 9.54. The first kappa shape index (κ1) is 24.3. The molecule has 0 unspecified atom stereocenters. The molecule has 0 saturated carbocycles. The van der Waals surface area contributed by atoms with Crippen LogP contribution in [0.25, 0.3) is 0 Å². The zero-order valence-corrected chi connectivity index (χ0v) is 21.1. The van der Waals surface area contributed by atoms with Crippen LogP contribution in [0.1, 0.15) is 41.3 Å². The second-order valence-corrected chi connectivity index (χ2v) is 12.2. The van der Waals surface area contributed by atoms with Crippen LogP contribution in [0.15, 0.2) is 47.4 Å². The number of thioether (sulfide) groups is 1. The lowest BCUT2D eigenvalue weighted by Crippen LogP contribution is -2.37. The van der Waals surface area contributed by atoms with Gasteiger partial charge in [0.1, 0.15) is 0 Å². The summed E-state index contributed by atoms with van der Waals surface area (Å²) in [5.41, 5.74) is 3.53. The molecule has 2 fully saturated rings. The first-order chi connectivity index (χ1) is 15.8. The van der Waals surface area contributed by atoms with Gasteiger partial charge >= 0.3 is 0 Å².